The fraction of sp³-hybridized carbons (Fsp3) is 0.952. The molecule has 0 aromatic rings. The highest BCUT2D eigenvalue weighted by molar-refractivity contribution is 5.37. The fourth-order valence-corrected chi connectivity index (χ4v) is 10.3. The summed E-state index contributed by atoms with van der Waals surface area (Å²) < 4.78 is 0. The Morgan fingerprint density at radius 3 is 1.79 bits per heavy atom. The van der Waals surface area contributed by atoms with Crippen LogP contribution in [0.4, 0.5) is 0 Å². The molecule has 0 heterocycles. The van der Waals surface area contributed by atoms with Gasteiger partial charge in [0.25, 0.3) is 0 Å². The molecule has 0 amide bonds. The number of hydrogen-bond donors (Lipinski definition) is 0. The van der Waals surface area contributed by atoms with Crippen molar-refractivity contribution in [3.8, 4) is 0 Å². The average Bonchev–Trinajstić information content (AvgIpc) is 3.80. The van der Waals surface area contributed by atoms with Crippen LogP contribution in [0.1, 0.15) is 187 Å². The molecule has 10 unspecified atom stereocenters. The first-order valence-electron chi connectivity index (χ1n) is 19.5. The van der Waals surface area contributed by atoms with Crippen LogP contribution in [0.3, 0.4) is 0 Å². The van der Waals surface area contributed by atoms with Crippen LogP contribution in [0, 0.1) is 70.0 Å². The van der Waals surface area contributed by atoms with Crippen molar-refractivity contribution in [3.63, 3.8) is 0 Å². The van der Waals surface area contributed by atoms with Gasteiger partial charge in [-0.1, -0.05) is 134 Å². The van der Waals surface area contributed by atoms with Crippen molar-refractivity contribution in [3.05, 3.63) is 11.1 Å². The minimum Gasteiger partial charge on any atom is -0.0695 e. The van der Waals surface area contributed by atoms with E-state index in [1.807, 2.05) is 5.57 Å². The number of rotatable bonds is 21. The topological polar surface area (TPSA) is 0 Å². The minimum atomic E-state index is 0.346. The van der Waals surface area contributed by atoms with Gasteiger partial charge in [-0.3, -0.25) is 0 Å². The van der Waals surface area contributed by atoms with Crippen molar-refractivity contribution in [1.29, 1.82) is 0 Å². The molecular formula is C42H80. The third-order valence-electron chi connectivity index (χ3n) is 14.5. The fourth-order valence-electron chi connectivity index (χ4n) is 10.3. The van der Waals surface area contributed by atoms with Gasteiger partial charge >= 0.3 is 0 Å². The lowest BCUT2D eigenvalue weighted by Gasteiger charge is -2.60. The second-order valence-electron chi connectivity index (χ2n) is 16.8. The van der Waals surface area contributed by atoms with Gasteiger partial charge in [-0.2, -0.15) is 0 Å². The SMILES string of the molecule is CCC(C)CC(C(=C1CC1)C1CCC1CCC(CC)C(C)C(C)C)(C(C)CC(C)C(CC)C(C)CC)C(C)(CC)CC. The summed E-state index contributed by atoms with van der Waals surface area (Å²) in [5.41, 5.74) is 4.71. The van der Waals surface area contributed by atoms with Gasteiger partial charge in [0.1, 0.15) is 0 Å². The maximum atomic E-state index is 2.75. The Balaban J connectivity index is 2.58. The second kappa shape index (κ2) is 16.9. The quantitative estimate of drug-likeness (QED) is 0.118. The van der Waals surface area contributed by atoms with E-state index in [2.05, 4.69) is 103 Å². The third kappa shape index (κ3) is 8.31. The normalized spacial score (nSPS) is 25.6. The lowest BCUT2D eigenvalue weighted by Crippen LogP contribution is -2.51. The van der Waals surface area contributed by atoms with Crippen molar-refractivity contribution in [2.24, 2.45) is 70.0 Å². The van der Waals surface area contributed by atoms with Crippen molar-refractivity contribution < 1.29 is 0 Å². The molecule has 2 rings (SSSR count). The maximum absolute atomic E-state index is 2.75. The molecule has 0 heteroatoms. The van der Waals surface area contributed by atoms with Crippen LogP contribution in [0.2, 0.25) is 0 Å². The Labute approximate surface area is 267 Å². The maximum Gasteiger partial charge on any atom is -0.0000785 e. The van der Waals surface area contributed by atoms with E-state index in [0.29, 0.717) is 10.8 Å². The van der Waals surface area contributed by atoms with Gasteiger partial charge in [0.2, 0.25) is 0 Å². The summed E-state index contributed by atoms with van der Waals surface area (Å²) >= 11 is 0. The van der Waals surface area contributed by atoms with Crippen molar-refractivity contribution in [1.82, 2.24) is 0 Å². The molecule has 0 spiro atoms. The van der Waals surface area contributed by atoms with E-state index in [4.69, 9.17) is 0 Å². The molecule has 0 radical (unpaired) electrons. The predicted molar refractivity (Wildman–Crippen MR) is 191 cm³/mol. The van der Waals surface area contributed by atoms with Crippen LogP contribution >= 0.6 is 0 Å². The van der Waals surface area contributed by atoms with Crippen molar-refractivity contribution in [2.75, 3.05) is 0 Å². The first kappa shape index (κ1) is 37.9. The molecule has 2 aliphatic carbocycles. The molecule has 42 heavy (non-hydrogen) atoms. The van der Waals surface area contributed by atoms with Gasteiger partial charge in [-0.05, 0) is 134 Å². The molecule has 248 valence electrons. The zero-order chi connectivity index (χ0) is 31.8. The summed E-state index contributed by atoms with van der Waals surface area (Å²) in [6.07, 6.45) is 19.5. The summed E-state index contributed by atoms with van der Waals surface area (Å²) in [5.74, 6) is 8.39. The molecule has 0 aromatic carbocycles. The van der Waals surface area contributed by atoms with Crippen LogP contribution in [-0.2, 0) is 0 Å². The minimum absolute atomic E-state index is 0.346. The Morgan fingerprint density at radius 1 is 0.762 bits per heavy atom. The van der Waals surface area contributed by atoms with Crippen molar-refractivity contribution in [2.45, 2.75) is 187 Å². The largest absolute Gasteiger partial charge is 0.0695 e. The molecule has 0 aromatic heterocycles. The molecule has 2 saturated carbocycles. The highest BCUT2D eigenvalue weighted by Crippen LogP contribution is 2.66. The van der Waals surface area contributed by atoms with Gasteiger partial charge in [-0.15, -0.1) is 0 Å². The standard InChI is InChI=1S/C42H80/c1-15-30(9)28-42(41(14,19-5)20-6,33(12)27-32(11)38(18-4)31(10)16-2)40(37-23-24-37)39-26-25-36(39)22-21-35(17-3)34(13)29(7)8/h29-36,38-39H,15-28H2,1-14H3. The van der Waals surface area contributed by atoms with Crippen LogP contribution in [0.5, 0.6) is 0 Å². The van der Waals surface area contributed by atoms with Crippen LogP contribution < -0.4 is 0 Å². The molecule has 2 aliphatic rings. The summed E-state index contributed by atoms with van der Waals surface area (Å²) in [6, 6.07) is 0. The first-order valence-corrected chi connectivity index (χ1v) is 19.5. The highest BCUT2D eigenvalue weighted by Gasteiger charge is 2.57. The van der Waals surface area contributed by atoms with Crippen LogP contribution in [0.25, 0.3) is 0 Å². The number of hydrogen-bond acceptors (Lipinski definition) is 0. The molecule has 0 bridgehead atoms. The van der Waals surface area contributed by atoms with E-state index in [-0.39, 0.29) is 0 Å². The van der Waals surface area contributed by atoms with E-state index in [0.717, 1.165) is 59.2 Å². The predicted octanol–water partition coefficient (Wildman–Crippen LogP) is 14.2. The van der Waals surface area contributed by atoms with E-state index >= 15 is 0 Å². The molecule has 0 aliphatic heterocycles. The molecule has 0 saturated heterocycles. The van der Waals surface area contributed by atoms with E-state index in [1.54, 1.807) is 0 Å². The molecular weight excluding hydrogens is 504 g/mol. The lowest BCUT2D eigenvalue weighted by atomic mass is 9.45. The molecule has 10 atom stereocenters. The highest BCUT2D eigenvalue weighted by atomic mass is 14.6. The third-order valence-corrected chi connectivity index (χ3v) is 14.5. The first-order chi connectivity index (χ1) is 19.8. The van der Waals surface area contributed by atoms with Crippen LogP contribution in [0.15, 0.2) is 11.1 Å². The van der Waals surface area contributed by atoms with Gasteiger partial charge in [-0.25, -0.2) is 0 Å². The van der Waals surface area contributed by atoms with E-state index in [9.17, 15) is 0 Å². The zero-order valence-electron chi connectivity index (χ0n) is 31.7. The summed E-state index contributed by atoms with van der Waals surface area (Å²) in [6.45, 7) is 35.6. The monoisotopic (exact) mass is 585 g/mol. The van der Waals surface area contributed by atoms with Gasteiger partial charge in [0.05, 0.1) is 0 Å². The Kier molecular flexibility index (Phi) is 15.2. The average molecular weight is 585 g/mol. The Hall–Kier alpha value is -0.260. The lowest BCUT2D eigenvalue weighted by molar-refractivity contribution is -0.0332. The van der Waals surface area contributed by atoms with Gasteiger partial charge in [0, 0.05) is 0 Å². The second-order valence-corrected chi connectivity index (χ2v) is 16.8. The number of allylic oxidation sites excluding steroid dienone is 2. The van der Waals surface area contributed by atoms with E-state index < -0.39 is 0 Å². The van der Waals surface area contributed by atoms with Gasteiger partial charge in [0.15, 0.2) is 0 Å². The Bertz CT molecular complexity index is 791. The molecule has 0 N–H and O–H groups in total. The van der Waals surface area contributed by atoms with Crippen LogP contribution in [-0.4, -0.2) is 0 Å². The summed E-state index contributed by atoms with van der Waals surface area (Å²) in [5, 5.41) is 0. The zero-order valence-corrected chi connectivity index (χ0v) is 31.7. The summed E-state index contributed by atoms with van der Waals surface area (Å²) in [7, 11) is 0. The molecule has 2 fully saturated rings. The smallest absolute Gasteiger partial charge is 0.0000785 e. The molecule has 0 nitrogen and oxygen atoms in total. The van der Waals surface area contributed by atoms with E-state index in [1.165, 1.54) is 89.9 Å². The summed E-state index contributed by atoms with van der Waals surface area (Å²) in [4.78, 5) is 0. The van der Waals surface area contributed by atoms with Crippen molar-refractivity contribution >= 4 is 0 Å². The van der Waals surface area contributed by atoms with Gasteiger partial charge < -0.3 is 0 Å². The Morgan fingerprint density at radius 2 is 1.38 bits per heavy atom.